The standard InChI is InChI=1S/C18H13ClF3NO2/c1-11(24)13-3-2-4-14(10-13)23-17(25)8-6-12-5-7-16(19)15(9-12)18(20,21)22/h2-10H,1H3,(H,23,25)/b8-6+. The summed E-state index contributed by atoms with van der Waals surface area (Å²) in [4.78, 5) is 23.2. The van der Waals surface area contributed by atoms with Crippen molar-refractivity contribution >= 4 is 35.1 Å². The van der Waals surface area contributed by atoms with Crippen LogP contribution in [0.4, 0.5) is 18.9 Å². The van der Waals surface area contributed by atoms with Crippen molar-refractivity contribution in [3.05, 3.63) is 70.3 Å². The second kappa shape index (κ2) is 7.53. The summed E-state index contributed by atoms with van der Waals surface area (Å²) in [5.74, 6) is -0.684. The molecule has 130 valence electrons. The number of hydrogen-bond acceptors (Lipinski definition) is 2. The third-order valence-electron chi connectivity index (χ3n) is 3.26. The zero-order chi connectivity index (χ0) is 18.6. The number of hydrogen-bond donors (Lipinski definition) is 1. The van der Waals surface area contributed by atoms with Crippen LogP contribution in [-0.4, -0.2) is 11.7 Å². The summed E-state index contributed by atoms with van der Waals surface area (Å²) in [5, 5.41) is 2.13. The number of amides is 1. The average Bonchev–Trinajstić information content (AvgIpc) is 2.53. The molecule has 0 spiro atoms. The van der Waals surface area contributed by atoms with E-state index in [9.17, 15) is 22.8 Å². The summed E-state index contributed by atoms with van der Waals surface area (Å²) < 4.78 is 38.4. The van der Waals surface area contributed by atoms with E-state index >= 15 is 0 Å². The van der Waals surface area contributed by atoms with E-state index in [1.807, 2.05) is 0 Å². The second-order valence-electron chi connectivity index (χ2n) is 5.20. The lowest BCUT2D eigenvalue weighted by molar-refractivity contribution is -0.137. The molecule has 2 rings (SSSR count). The van der Waals surface area contributed by atoms with Gasteiger partial charge in [0.15, 0.2) is 5.78 Å². The summed E-state index contributed by atoms with van der Waals surface area (Å²) in [6, 6.07) is 9.70. The molecule has 0 radical (unpaired) electrons. The molecular formula is C18H13ClF3NO2. The quantitative estimate of drug-likeness (QED) is 0.595. The van der Waals surface area contributed by atoms with Gasteiger partial charge in [0.25, 0.3) is 0 Å². The molecule has 2 aromatic rings. The molecule has 0 heterocycles. The minimum absolute atomic E-state index is 0.146. The van der Waals surface area contributed by atoms with Crippen LogP contribution in [0, 0.1) is 0 Å². The lowest BCUT2D eigenvalue weighted by Crippen LogP contribution is -2.08. The Labute approximate surface area is 147 Å². The molecule has 0 aliphatic carbocycles. The number of Topliss-reactive ketones (excluding diaryl/α,β-unsaturated/α-hetero) is 1. The third-order valence-corrected chi connectivity index (χ3v) is 3.59. The molecule has 0 bridgehead atoms. The van der Waals surface area contributed by atoms with Crippen molar-refractivity contribution in [2.75, 3.05) is 5.32 Å². The van der Waals surface area contributed by atoms with Gasteiger partial charge in [0.1, 0.15) is 0 Å². The number of benzene rings is 2. The molecular weight excluding hydrogens is 355 g/mol. The summed E-state index contributed by atoms with van der Waals surface area (Å²) in [6.07, 6.45) is -2.23. The fraction of sp³-hybridized carbons (Fsp3) is 0.111. The van der Waals surface area contributed by atoms with Crippen LogP contribution in [-0.2, 0) is 11.0 Å². The number of carbonyl (C=O) groups excluding carboxylic acids is 2. The van der Waals surface area contributed by atoms with E-state index in [0.717, 1.165) is 18.2 Å². The molecule has 0 aliphatic rings. The molecule has 0 aromatic heterocycles. The minimum atomic E-state index is -4.57. The van der Waals surface area contributed by atoms with E-state index in [1.54, 1.807) is 18.2 Å². The van der Waals surface area contributed by atoms with Gasteiger partial charge in [-0.25, -0.2) is 0 Å². The summed E-state index contributed by atoms with van der Waals surface area (Å²) in [7, 11) is 0. The predicted molar refractivity (Wildman–Crippen MR) is 90.6 cm³/mol. The molecule has 0 atom stereocenters. The normalized spacial score (nSPS) is 11.6. The fourth-order valence-electron chi connectivity index (χ4n) is 2.04. The third kappa shape index (κ3) is 5.19. The van der Waals surface area contributed by atoms with Crippen LogP contribution in [0.25, 0.3) is 6.08 Å². The lowest BCUT2D eigenvalue weighted by atomic mass is 10.1. The maximum atomic E-state index is 12.8. The van der Waals surface area contributed by atoms with Crippen LogP contribution in [0.5, 0.6) is 0 Å². The predicted octanol–water partition coefficient (Wildman–Crippen LogP) is 5.21. The van der Waals surface area contributed by atoms with Crippen molar-refractivity contribution < 1.29 is 22.8 Å². The van der Waals surface area contributed by atoms with Crippen molar-refractivity contribution in [3.8, 4) is 0 Å². The molecule has 25 heavy (non-hydrogen) atoms. The summed E-state index contributed by atoms with van der Waals surface area (Å²) in [5.41, 5.74) is 0.0685. The zero-order valence-corrected chi connectivity index (χ0v) is 13.8. The van der Waals surface area contributed by atoms with Gasteiger partial charge in [0, 0.05) is 17.3 Å². The fourth-order valence-corrected chi connectivity index (χ4v) is 2.26. The van der Waals surface area contributed by atoms with Crippen LogP contribution in [0.1, 0.15) is 28.4 Å². The number of rotatable bonds is 4. The molecule has 0 saturated carbocycles. The van der Waals surface area contributed by atoms with Gasteiger partial charge in [-0.2, -0.15) is 13.2 Å². The summed E-state index contributed by atoms with van der Waals surface area (Å²) >= 11 is 5.54. The van der Waals surface area contributed by atoms with Crippen LogP contribution in [0.15, 0.2) is 48.5 Å². The second-order valence-corrected chi connectivity index (χ2v) is 5.60. The zero-order valence-electron chi connectivity index (χ0n) is 13.0. The Morgan fingerprint density at radius 1 is 1.12 bits per heavy atom. The van der Waals surface area contributed by atoms with Gasteiger partial charge in [-0.05, 0) is 42.8 Å². The average molecular weight is 368 g/mol. The van der Waals surface area contributed by atoms with Gasteiger partial charge in [0.05, 0.1) is 10.6 Å². The molecule has 7 heteroatoms. The van der Waals surface area contributed by atoms with Crippen molar-refractivity contribution in [2.45, 2.75) is 13.1 Å². The van der Waals surface area contributed by atoms with Crippen LogP contribution >= 0.6 is 11.6 Å². The molecule has 3 nitrogen and oxygen atoms in total. The van der Waals surface area contributed by atoms with Gasteiger partial charge >= 0.3 is 6.18 Å². The number of alkyl halides is 3. The number of nitrogens with one attached hydrogen (secondary N) is 1. The minimum Gasteiger partial charge on any atom is -0.322 e. The monoisotopic (exact) mass is 367 g/mol. The van der Waals surface area contributed by atoms with Crippen molar-refractivity contribution in [1.82, 2.24) is 0 Å². The van der Waals surface area contributed by atoms with Crippen molar-refractivity contribution in [3.63, 3.8) is 0 Å². The van der Waals surface area contributed by atoms with Crippen LogP contribution in [0.2, 0.25) is 5.02 Å². The molecule has 0 aliphatic heterocycles. The Kier molecular flexibility index (Phi) is 5.64. The molecule has 1 amide bonds. The Hall–Kier alpha value is -2.60. The van der Waals surface area contributed by atoms with Gasteiger partial charge in [-0.3, -0.25) is 9.59 Å². The summed E-state index contributed by atoms with van der Waals surface area (Å²) in [6.45, 7) is 1.40. The van der Waals surface area contributed by atoms with E-state index in [2.05, 4.69) is 5.32 Å². The molecule has 0 unspecified atom stereocenters. The highest BCUT2D eigenvalue weighted by Gasteiger charge is 2.33. The first kappa shape index (κ1) is 18.7. The first-order valence-corrected chi connectivity index (χ1v) is 7.51. The van der Waals surface area contributed by atoms with Crippen LogP contribution in [0.3, 0.4) is 0 Å². The van der Waals surface area contributed by atoms with Crippen molar-refractivity contribution in [2.24, 2.45) is 0 Å². The highest BCUT2D eigenvalue weighted by atomic mass is 35.5. The molecule has 0 fully saturated rings. The molecule has 2 aromatic carbocycles. The van der Waals surface area contributed by atoms with Crippen molar-refractivity contribution in [1.29, 1.82) is 0 Å². The number of halogens is 4. The van der Waals surface area contributed by atoms with Crippen LogP contribution < -0.4 is 5.32 Å². The lowest BCUT2D eigenvalue weighted by Gasteiger charge is -2.09. The Morgan fingerprint density at radius 3 is 2.48 bits per heavy atom. The van der Waals surface area contributed by atoms with E-state index < -0.39 is 22.7 Å². The van der Waals surface area contributed by atoms with E-state index in [1.165, 1.54) is 25.1 Å². The van der Waals surface area contributed by atoms with Gasteiger partial charge in [-0.15, -0.1) is 0 Å². The van der Waals surface area contributed by atoms with E-state index in [-0.39, 0.29) is 11.3 Å². The van der Waals surface area contributed by atoms with E-state index in [0.29, 0.717) is 11.3 Å². The van der Waals surface area contributed by atoms with Gasteiger partial charge < -0.3 is 5.32 Å². The highest BCUT2D eigenvalue weighted by Crippen LogP contribution is 2.35. The van der Waals surface area contributed by atoms with Gasteiger partial charge in [0.2, 0.25) is 5.91 Å². The Balaban J connectivity index is 2.13. The highest BCUT2D eigenvalue weighted by molar-refractivity contribution is 6.31. The number of anilines is 1. The number of ketones is 1. The number of carbonyl (C=O) groups is 2. The SMILES string of the molecule is CC(=O)c1cccc(NC(=O)/C=C/c2ccc(Cl)c(C(F)(F)F)c2)c1. The molecule has 0 saturated heterocycles. The maximum absolute atomic E-state index is 12.8. The topological polar surface area (TPSA) is 46.2 Å². The first-order valence-electron chi connectivity index (χ1n) is 7.13. The smallest absolute Gasteiger partial charge is 0.322 e. The first-order chi connectivity index (χ1) is 11.7. The molecule has 1 N–H and O–H groups in total. The van der Waals surface area contributed by atoms with E-state index in [4.69, 9.17) is 11.6 Å². The largest absolute Gasteiger partial charge is 0.417 e. The maximum Gasteiger partial charge on any atom is 0.417 e. The Bertz CT molecular complexity index is 844. The van der Waals surface area contributed by atoms with Gasteiger partial charge in [-0.1, -0.05) is 29.8 Å². The Morgan fingerprint density at radius 2 is 1.84 bits per heavy atom.